The average molecular weight is 371 g/mol. The van der Waals surface area contributed by atoms with Crippen molar-refractivity contribution in [1.29, 1.82) is 0 Å². The van der Waals surface area contributed by atoms with Gasteiger partial charge in [0.25, 0.3) is 0 Å². The molecular weight excluding hydrogens is 345 g/mol. The Morgan fingerprint density at radius 1 is 1.30 bits per heavy atom. The standard InChI is InChI=1S/C21H26FN3O2/c1-21(2,3)27-20(26)25-11-10-17(23)19(25)13-16-8-5-9-18(24-16)14-6-4-7-15(22)12-14/h4-9,12,17,19H,10-11,13,23H2,1-3H3. The van der Waals surface area contributed by atoms with E-state index in [9.17, 15) is 9.18 Å². The highest BCUT2D eigenvalue weighted by molar-refractivity contribution is 5.69. The van der Waals surface area contributed by atoms with Crippen LogP contribution in [-0.4, -0.2) is 40.2 Å². The molecule has 0 spiro atoms. The second-order valence-corrected chi connectivity index (χ2v) is 7.92. The lowest BCUT2D eigenvalue weighted by atomic mass is 10.0. The molecule has 27 heavy (non-hydrogen) atoms. The SMILES string of the molecule is CC(C)(C)OC(=O)N1CCC(N)C1Cc1cccc(-c2cccc(F)c2)n1. The van der Waals surface area contributed by atoms with E-state index in [2.05, 4.69) is 4.98 Å². The van der Waals surface area contributed by atoms with Crippen molar-refractivity contribution >= 4 is 6.09 Å². The molecule has 1 amide bonds. The highest BCUT2D eigenvalue weighted by atomic mass is 19.1. The maximum Gasteiger partial charge on any atom is 0.410 e. The zero-order valence-corrected chi connectivity index (χ0v) is 16.0. The third-order valence-corrected chi connectivity index (χ3v) is 4.57. The third-order valence-electron chi connectivity index (χ3n) is 4.57. The van der Waals surface area contributed by atoms with Crippen molar-refractivity contribution in [3.8, 4) is 11.3 Å². The van der Waals surface area contributed by atoms with Crippen LogP contribution in [0.15, 0.2) is 42.5 Å². The molecule has 5 nitrogen and oxygen atoms in total. The summed E-state index contributed by atoms with van der Waals surface area (Å²) in [7, 11) is 0. The summed E-state index contributed by atoms with van der Waals surface area (Å²) < 4.78 is 19.0. The lowest BCUT2D eigenvalue weighted by molar-refractivity contribution is 0.0220. The monoisotopic (exact) mass is 371 g/mol. The van der Waals surface area contributed by atoms with Crippen molar-refractivity contribution in [2.24, 2.45) is 5.73 Å². The van der Waals surface area contributed by atoms with Gasteiger partial charge in [-0.3, -0.25) is 4.98 Å². The van der Waals surface area contributed by atoms with Crippen molar-refractivity contribution in [2.45, 2.75) is 51.3 Å². The van der Waals surface area contributed by atoms with Gasteiger partial charge in [-0.05, 0) is 51.5 Å². The summed E-state index contributed by atoms with van der Waals surface area (Å²) in [6.45, 7) is 6.12. The first-order valence-electron chi connectivity index (χ1n) is 9.20. The summed E-state index contributed by atoms with van der Waals surface area (Å²) in [5.41, 5.74) is 7.94. The number of halogens is 1. The van der Waals surface area contributed by atoms with E-state index in [1.807, 2.05) is 45.0 Å². The Morgan fingerprint density at radius 2 is 2.04 bits per heavy atom. The van der Waals surface area contributed by atoms with Crippen LogP contribution in [0, 0.1) is 5.82 Å². The molecule has 2 aromatic rings. The molecule has 0 saturated carbocycles. The molecule has 0 bridgehead atoms. The van der Waals surface area contributed by atoms with E-state index in [1.165, 1.54) is 12.1 Å². The van der Waals surface area contributed by atoms with Gasteiger partial charge in [0.15, 0.2) is 0 Å². The summed E-state index contributed by atoms with van der Waals surface area (Å²) in [5.74, 6) is -0.298. The van der Waals surface area contributed by atoms with Crippen LogP contribution in [0.3, 0.4) is 0 Å². The van der Waals surface area contributed by atoms with Gasteiger partial charge in [0.2, 0.25) is 0 Å². The van der Waals surface area contributed by atoms with Crippen LogP contribution in [0.2, 0.25) is 0 Å². The minimum Gasteiger partial charge on any atom is -0.444 e. The molecule has 1 aliphatic heterocycles. The van der Waals surface area contributed by atoms with Gasteiger partial charge < -0.3 is 15.4 Å². The van der Waals surface area contributed by atoms with Crippen LogP contribution in [0.4, 0.5) is 9.18 Å². The Balaban J connectivity index is 1.79. The van der Waals surface area contributed by atoms with Gasteiger partial charge in [-0.2, -0.15) is 0 Å². The average Bonchev–Trinajstić information content (AvgIpc) is 2.95. The number of nitrogens with two attached hydrogens (primary N) is 1. The number of hydrogen-bond donors (Lipinski definition) is 1. The van der Waals surface area contributed by atoms with Crippen LogP contribution in [0.5, 0.6) is 0 Å². The molecule has 2 atom stereocenters. The van der Waals surface area contributed by atoms with Crippen LogP contribution in [0.1, 0.15) is 32.9 Å². The fourth-order valence-electron chi connectivity index (χ4n) is 3.30. The highest BCUT2D eigenvalue weighted by Gasteiger charge is 2.37. The minimum absolute atomic E-state index is 0.128. The number of carbonyl (C=O) groups is 1. The molecule has 3 rings (SSSR count). The largest absolute Gasteiger partial charge is 0.444 e. The van der Waals surface area contributed by atoms with E-state index < -0.39 is 5.60 Å². The van der Waals surface area contributed by atoms with Crippen LogP contribution in [-0.2, 0) is 11.2 Å². The van der Waals surface area contributed by atoms with Gasteiger partial charge in [-0.15, -0.1) is 0 Å². The first-order valence-corrected chi connectivity index (χ1v) is 9.20. The number of benzene rings is 1. The molecule has 1 aromatic heterocycles. The molecule has 2 N–H and O–H groups in total. The zero-order chi connectivity index (χ0) is 19.6. The van der Waals surface area contributed by atoms with Crippen molar-refractivity contribution in [3.05, 3.63) is 54.0 Å². The fourth-order valence-corrected chi connectivity index (χ4v) is 3.30. The van der Waals surface area contributed by atoms with Crippen molar-refractivity contribution in [2.75, 3.05) is 6.54 Å². The first-order chi connectivity index (χ1) is 12.7. The molecule has 1 fully saturated rings. The second-order valence-electron chi connectivity index (χ2n) is 7.92. The summed E-state index contributed by atoms with van der Waals surface area (Å²) in [6, 6.07) is 11.7. The van der Waals surface area contributed by atoms with Crippen LogP contribution >= 0.6 is 0 Å². The fraction of sp³-hybridized carbons (Fsp3) is 0.429. The number of nitrogens with zero attached hydrogens (tertiary/aromatic N) is 2. The lowest BCUT2D eigenvalue weighted by Crippen LogP contribution is -2.46. The Kier molecular flexibility index (Phi) is 5.46. The quantitative estimate of drug-likeness (QED) is 0.892. The van der Waals surface area contributed by atoms with Gasteiger partial charge in [-0.1, -0.05) is 18.2 Å². The highest BCUT2D eigenvalue weighted by Crippen LogP contribution is 2.24. The van der Waals surface area contributed by atoms with Crippen molar-refractivity contribution in [1.82, 2.24) is 9.88 Å². The van der Waals surface area contributed by atoms with E-state index in [1.54, 1.807) is 11.0 Å². The Labute approximate surface area is 159 Å². The summed E-state index contributed by atoms with van der Waals surface area (Å²) in [6.07, 6.45) is 0.915. The van der Waals surface area contributed by atoms with Crippen LogP contribution < -0.4 is 5.73 Å². The van der Waals surface area contributed by atoms with Crippen LogP contribution in [0.25, 0.3) is 11.3 Å². The molecule has 2 unspecified atom stereocenters. The normalized spacial score (nSPS) is 20.0. The number of amides is 1. The van der Waals surface area contributed by atoms with E-state index in [0.29, 0.717) is 18.7 Å². The van der Waals surface area contributed by atoms with Gasteiger partial charge in [0, 0.05) is 30.3 Å². The number of ether oxygens (including phenoxy) is 1. The summed E-state index contributed by atoms with van der Waals surface area (Å²) in [5, 5.41) is 0. The topological polar surface area (TPSA) is 68.5 Å². The maximum absolute atomic E-state index is 13.5. The number of aromatic nitrogens is 1. The van der Waals surface area contributed by atoms with E-state index in [4.69, 9.17) is 10.5 Å². The molecule has 2 heterocycles. The predicted octanol–water partition coefficient (Wildman–Crippen LogP) is 3.77. The zero-order valence-electron chi connectivity index (χ0n) is 16.0. The van der Waals surface area contributed by atoms with Gasteiger partial charge in [0.05, 0.1) is 11.7 Å². The minimum atomic E-state index is -0.552. The molecule has 6 heteroatoms. The molecule has 1 saturated heterocycles. The molecule has 144 valence electrons. The molecule has 0 aliphatic carbocycles. The van der Waals surface area contributed by atoms with Crippen molar-refractivity contribution in [3.63, 3.8) is 0 Å². The lowest BCUT2D eigenvalue weighted by Gasteiger charge is -2.29. The van der Waals surface area contributed by atoms with E-state index >= 15 is 0 Å². The second kappa shape index (κ2) is 7.64. The number of likely N-dealkylation sites (tertiary alicyclic amines) is 1. The number of hydrogen-bond acceptors (Lipinski definition) is 4. The van der Waals surface area contributed by atoms with Gasteiger partial charge in [0.1, 0.15) is 11.4 Å². The number of carbonyl (C=O) groups excluding carboxylic acids is 1. The van der Waals surface area contributed by atoms with E-state index in [0.717, 1.165) is 17.7 Å². The Bertz CT molecular complexity index is 819. The predicted molar refractivity (Wildman–Crippen MR) is 103 cm³/mol. The van der Waals surface area contributed by atoms with Gasteiger partial charge in [-0.25, -0.2) is 9.18 Å². The smallest absolute Gasteiger partial charge is 0.410 e. The molecule has 1 aromatic carbocycles. The molecular formula is C21H26FN3O2. The Morgan fingerprint density at radius 3 is 2.74 bits per heavy atom. The first kappa shape index (κ1) is 19.3. The third kappa shape index (κ3) is 4.83. The summed E-state index contributed by atoms with van der Waals surface area (Å²) in [4.78, 5) is 18.9. The molecule has 1 aliphatic rings. The maximum atomic E-state index is 13.5. The Hall–Kier alpha value is -2.47. The molecule has 0 radical (unpaired) electrons. The number of pyridine rings is 1. The number of rotatable bonds is 3. The van der Waals surface area contributed by atoms with Gasteiger partial charge >= 0.3 is 6.09 Å². The summed E-state index contributed by atoms with van der Waals surface area (Å²) >= 11 is 0. The van der Waals surface area contributed by atoms with E-state index in [-0.39, 0.29) is 24.0 Å². The van der Waals surface area contributed by atoms with Crippen molar-refractivity contribution < 1.29 is 13.9 Å².